The number of nitrogens with one attached hydrogen (secondary N) is 1. The summed E-state index contributed by atoms with van der Waals surface area (Å²) in [6.45, 7) is 0.978. The molecular weight excluding hydrogens is 311 g/mol. The molecule has 0 aliphatic carbocycles. The summed E-state index contributed by atoms with van der Waals surface area (Å²) >= 11 is 0. The number of urea groups is 1. The lowest BCUT2D eigenvalue weighted by Gasteiger charge is -2.23. The minimum atomic E-state index is -4.77. The zero-order chi connectivity index (χ0) is 17.2. The van der Waals surface area contributed by atoms with Crippen molar-refractivity contribution in [3.63, 3.8) is 0 Å². The van der Waals surface area contributed by atoms with Crippen molar-refractivity contribution in [2.75, 3.05) is 18.9 Å². The third-order valence-electron chi connectivity index (χ3n) is 3.26. The second-order valence-electron chi connectivity index (χ2n) is 5.26. The van der Waals surface area contributed by atoms with Crippen molar-refractivity contribution in [3.8, 4) is 0 Å². The largest absolute Gasteiger partial charge is 0.416 e. The van der Waals surface area contributed by atoms with Gasteiger partial charge in [-0.2, -0.15) is 13.2 Å². The van der Waals surface area contributed by atoms with Crippen LogP contribution in [-0.4, -0.2) is 46.9 Å². The number of aliphatic hydroxyl groups excluding tert-OH is 1. The third kappa shape index (κ3) is 4.10. The van der Waals surface area contributed by atoms with Crippen LogP contribution in [0.25, 0.3) is 10.9 Å². The van der Waals surface area contributed by atoms with E-state index in [9.17, 15) is 18.0 Å². The van der Waals surface area contributed by atoms with Crippen LogP contribution in [0.2, 0.25) is 0 Å². The molecule has 2 amide bonds. The number of alkyl halides is 3. The summed E-state index contributed by atoms with van der Waals surface area (Å²) in [6.07, 6.45) is -5.80. The number of hydrogen-bond acceptors (Lipinski definition) is 3. The predicted molar refractivity (Wildman–Crippen MR) is 80.2 cm³/mol. The quantitative estimate of drug-likeness (QED) is 0.911. The third-order valence-corrected chi connectivity index (χ3v) is 3.26. The van der Waals surface area contributed by atoms with Gasteiger partial charge in [0.25, 0.3) is 0 Å². The van der Waals surface area contributed by atoms with Crippen molar-refractivity contribution in [2.45, 2.75) is 19.2 Å². The van der Waals surface area contributed by atoms with Gasteiger partial charge in [0.15, 0.2) is 6.10 Å². The fourth-order valence-electron chi connectivity index (χ4n) is 2.09. The highest BCUT2D eigenvalue weighted by Gasteiger charge is 2.39. The molecule has 0 aliphatic rings. The molecule has 0 radical (unpaired) electrons. The van der Waals surface area contributed by atoms with Crippen LogP contribution in [0.4, 0.5) is 23.7 Å². The lowest BCUT2D eigenvalue weighted by molar-refractivity contribution is -0.205. The maximum Gasteiger partial charge on any atom is 0.416 e. The Bertz CT molecular complexity index is 719. The van der Waals surface area contributed by atoms with Crippen molar-refractivity contribution in [1.29, 1.82) is 0 Å². The number of aromatic nitrogens is 1. The highest BCUT2D eigenvalue weighted by Crippen LogP contribution is 2.24. The number of likely N-dealkylation sites (N-methyl/N-ethyl adjacent to an activating group) is 1. The first-order chi connectivity index (χ1) is 10.7. The van der Waals surface area contributed by atoms with Crippen LogP contribution in [0, 0.1) is 6.92 Å². The Morgan fingerprint density at radius 2 is 2.13 bits per heavy atom. The van der Waals surface area contributed by atoms with Gasteiger partial charge in [-0.15, -0.1) is 0 Å². The summed E-state index contributed by atoms with van der Waals surface area (Å²) in [6, 6.07) is 6.38. The molecule has 5 nitrogen and oxygen atoms in total. The first-order valence-corrected chi connectivity index (χ1v) is 6.81. The SMILES string of the molecule is Cc1cc(NC(=O)N(C)C[C@@H](O)C(F)(F)F)c2ncccc2c1. The average Bonchev–Trinajstić information content (AvgIpc) is 2.45. The molecule has 1 aromatic heterocycles. The summed E-state index contributed by atoms with van der Waals surface area (Å²) in [5, 5.41) is 12.4. The Kier molecular flexibility index (Phi) is 4.74. The van der Waals surface area contributed by atoms with Crippen LogP contribution in [-0.2, 0) is 0 Å². The van der Waals surface area contributed by atoms with Gasteiger partial charge in [-0.25, -0.2) is 4.79 Å². The van der Waals surface area contributed by atoms with Crippen molar-refractivity contribution >= 4 is 22.6 Å². The number of aliphatic hydroxyl groups is 1. The molecule has 2 rings (SSSR count). The molecule has 8 heteroatoms. The van der Waals surface area contributed by atoms with E-state index < -0.39 is 24.9 Å². The molecular formula is C15H16F3N3O2. The molecule has 1 atom stereocenters. The van der Waals surface area contributed by atoms with E-state index in [0.717, 1.165) is 15.8 Å². The molecule has 0 saturated carbocycles. The van der Waals surface area contributed by atoms with E-state index in [-0.39, 0.29) is 0 Å². The summed E-state index contributed by atoms with van der Waals surface area (Å²) in [5.41, 5.74) is 1.81. The minimum absolute atomic E-state index is 0.402. The van der Waals surface area contributed by atoms with Crippen LogP contribution < -0.4 is 5.32 Å². The second-order valence-corrected chi connectivity index (χ2v) is 5.26. The number of carbonyl (C=O) groups excluding carboxylic acids is 1. The van der Waals surface area contributed by atoms with Crippen LogP contribution in [0.5, 0.6) is 0 Å². The van der Waals surface area contributed by atoms with Gasteiger partial charge in [-0.3, -0.25) is 4.98 Å². The standard InChI is InChI=1S/C15H16F3N3O2/c1-9-6-10-4-3-5-19-13(10)11(7-9)20-14(23)21(2)8-12(22)15(16,17)18/h3-7,12,22H,8H2,1-2H3,(H,20,23)/t12-/m1/s1. The van der Waals surface area contributed by atoms with Crippen LogP contribution in [0.1, 0.15) is 5.56 Å². The van der Waals surface area contributed by atoms with Crippen molar-refractivity contribution in [1.82, 2.24) is 9.88 Å². The number of fused-ring (bicyclic) bond motifs is 1. The molecule has 2 aromatic rings. The number of hydrogen-bond donors (Lipinski definition) is 2. The molecule has 2 N–H and O–H groups in total. The number of pyridine rings is 1. The molecule has 0 unspecified atom stereocenters. The normalized spacial score (nSPS) is 13.0. The van der Waals surface area contributed by atoms with E-state index in [1.807, 2.05) is 19.1 Å². The zero-order valence-electron chi connectivity index (χ0n) is 12.6. The molecule has 0 saturated heterocycles. The fourth-order valence-corrected chi connectivity index (χ4v) is 2.09. The van der Waals surface area contributed by atoms with E-state index in [4.69, 9.17) is 5.11 Å². The molecule has 0 fully saturated rings. The molecule has 124 valence electrons. The molecule has 1 heterocycles. The van der Waals surface area contributed by atoms with Crippen LogP contribution in [0.15, 0.2) is 30.5 Å². The topological polar surface area (TPSA) is 65.5 Å². The van der Waals surface area contributed by atoms with E-state index in [1.54, 1.807) is 18.3 Å². The fraction of sp³-hybridized carbons (Fsp3) is 0.333. The summed E-state index contributed by atoms with van der Waals surface area (Å²) in [7, 11) is 1.18. The van der Waals surface area contributed by atoms with E-state index in [0.29, 0.717) is 11.2 Å². The number of halogens is 3. The molecule has 23 heavy (non-hydrogen) atoms. The lowest BCUT2D eigenvalue weighted by Crippen LogP contribution is -2.43. The average molecular weight is 327 g/mol. The summed E-state index contributed by atoms with van der Waals surface area (Å²) in [5.74, 6) is 0. The van der Waals surface area contributed by atoms with E-state index in [1.165, 1.54) is 7.05 Å². The Hall–Kier alpha value is -2.35. The Balaban J connectivity index is 2.17. The Morgan fingerprint density at radius 1 is 1.43 bits per heavy atom. The minimum Gasteiger partial charge on any atom is -0.382 e. The van der Waals surface area contributed by atoms with Gasteiger partial charge in [0.2, 0.25) is 0 Å². The monoisotopic (exact) mass is 327 g/mol. The summed E-state index contributed by atoms with van der Waals surface area (Å²) < 4.78 is 37.0. The second kappa shape index (κ2) is 6.41. The Labute approximate surface area is 130 Å². The van der Waals surface area contributed by atoms with E-state index >= 15 is 0 Å². The number of nitrogens with zero attached hydrogens (tertiary/aromatic N) is 2. The van der Waals surface area contributed by atoms with Gasteiger partial charge in [0, 0.05) is 18.6 Å². The van der Waals surface area contributed by atoms with Gasteiger partial charge in [-0.05, 0) is 30.7 Å². The van der Waals surface area contributed by atoms with Crippen molar-refractivity contribution < 1.29 is 23.1 Å². The Morgan fingerprint density at radius 3 is 2.78 bits per heavy atom. The number of anilines is 1. The van der Waals surface area contributed by atoms with Gasteiger partial charge < -0.3 is 15.3 Å². The van der Waals surface area contributed by atoms with Crippen molar-refractivity contribution in [3.05, 3.63) is 36.0 Å². The molecule has 0 spiro atoms. The number of rotatable bonds is 3. The number of carbonyl (C=O) groups is 1. The molecule has 0 bridgehead atoms. The smallest absolute Gasteiger partial charge is 0.382 e. The van der Waals surface area contributed by atoms with Gasteiger partial charge in [0.1, 0.15) is 0 Å². The van der Waals surface area contributed by atoms with E-state index in [2.05, 4.69) is 10.3 Å². The summed E-state index contributed by atoms with van der Waals surface area (Å²) in [4.78, 5) is 17.0. The van der Waals surface area contributed by atoms with Crippen LogP contribution in [0.3, 0.4) is 0 Å². The van der Waals surface area contributed by atoms with Gasteiger partial charge in [0.05, 0.1) is 17.7 Å². The maximum atomic E-state index is 12.3. The zero-order valence-corrected chi connectivity index (χ0v) is 12.6. The number of benzene rings is 1. The number of aryl methyl sites for hydroxylation is 1. The first-order valence-electron chi connectivity index (χ1n) is 6.81. The number of amides is 2. The van der Waals surface area contributed by atoms with Crippen molar-refractivity contribution in [2.24, 2.45) is 0 Å². The van der Waals surface area contributed by atoms with Gasteiger partial charge >= 0.3 is 12.2 Å². The molecule has 0 aliphatic heterocycles. The van der Waals surface area contributed by atoms with Gasteiger partial charge in [-0.1, -0.05) is 6.07 Å². The lowest BCUT2D eigenvalue weighted by atomic mass is 10.1. The highest BCUT2D eigenvalue weighted by atomic mass is 19.4. The molecule has 1 aromatic carbocycles. The first kappa shape index (κ1) is 17.0. The highest BCUT2D eigenvalue weighted by molar-refractivity contribution is 5.99. The van der Waals surface area contributed by atoms with Crippen LogP contribution >= 0.6 is 0 Å². The maximum absolute atomic E-state index is 12.3. The predicted octanol–water partition coefficient (Wildman–Crippen LogP) is 2.93.